The van der Waals surface area contributed by atoms with Crippen molar-refractivity contribution in [3.63, 3.8) is 0 Å². The zero-order valence-electron chi connectivity index (χ0n) is 11.7. The molecule has 1 amide bonds. The summed E-state index contributed by atoms with van der Waals surface area (Å²) in [5, 5.41) is 2.97. The number of hydrogen-bond donors (Lipinski definition) is 1. The fourth-order valence-corrected chi connectivity index (χ4v) is 3.14. The van der Waals surface area contributed by atoms with Crippen LogP contribution >= 0.6 is 0 Å². The van der Waals surface area contributed by atoms with Gasteiger partial charge in [-0.05, 0) is 25.7 Å². The normalized spacial score (nSPS) is 29.7. The Hall–Kier alpha value is -0.610. The van der Waals surface area contributed by atoms with Crippen molar-refractivity contribution >= 4 is 5.91 Å². The second kappa shape index (κ2) is 6.02. The molecule has 104 valence electrons. The highest BCUT2D eigenvalue weighted by Gasteiger charge is 2.36. The molecule has 1 atom stereocenters. The van der Waals surface area contributed by atoms with E-state index in [-0.39, 0.29) is 11.5 Å². The van der Waals surface area contributed by atoms with Gasteiger partial charge < -0.3 is 10.1 Å². The van der Waals surface area contributed by atoms with Crippen molar-refractivity contribution in [2.24, 2.45) is 0 Å². The molecule has 2 rings (SSSR count). The molecule has 0 bridgehead atoms. The molecule has 0 aromatic carbocycles. The maximum absolute atomic E-state index is 11.4. The second-order valence-electron chi connectivity index (χ2n) is 5.54. The first kappa shape index (κ1) is 13.8. The SMILES string of the molecule is CCC1(CC)CN([C@H]2CCNC(=O)CC2)CCO1. The maximum Gasteiger partial charge on any atom is 0.220 e. The third-order valence-corrected chi connectivity index (χ3v) is 4.59. The molecule has 0 saturated carbocycles. The van der Waals surface area contributed by atoms with E-state index in [1.807, 2.05) is 0 Å². The molecule has 2 saturated heterocycles. The van der Waals surface area contributed by atoms with Crippen molar-refractivity contribution in [2.45, 2.75) is 57.6 Å². The van der Waals surface area contributed by atoms with E-state index in [2.05, 4.69) is 24.1 Å². The highest BCUT2D eigenvalue weighted by atomic mass is 16.5. The zero-order chi connectivity index (χ0) is 13.0. The maximum atomic E-state index is 11.4. The van der Waals surface area contributed by atoms with Crippen LogP contribution in [0.2, 0.25) is 0 Å². The Labute approximate surface area is 110 Å². The minimum Gasteiger partial charge on any atom is -0.372 e. The van der Waals surface area contributed by atoms with Crippen LogP contribution in [-0.4, -0.2) is 48.7 Å². The predicted molar refractivity (Wildman–Crippen MR) is 71.5 cm³/mol. The van der Waals surface area contributed by atoms with Crippen LogP contribution in [0.3, 0.4) is 0 Å². The van der Waals surface area contributed by atoms with Crippen molar-refractivity contribution in [3.8, 4) is 0 Å². The average Bonchev–Trinajstić information content (AvgIpc) is 2.63. The van der Waals surface area contributed by atoms with Crippen molar-refractivity contribution in [3.05, 3.63) is 0 Å². The van der Waals surface area contributed by atoms with Crippen LogP contribution in [-0.2, 0) is 9.53 Å². The first-order chi connectivity index (χ1) is 8.69. The molecule has 1 N–H and O–H groups in total. The van der Waals surface area contributed by atoms with E-state index in [1.165, 1.54) is 0 Å². The Morgan fingerprint density at radius 2 is 2.17 bits per heavy atom. The summed E-state index contributed by atoms with van der Waals surface area (Å²) in [5.74, 6) is 0.211. The molecule has 2 heterocycles. The van der Waals surface area contributed by atoms with Gasteiger partial charge in [-0.2, -0.15) is 0 Å². The Balaban J connectivity index is 1.97. The summed E-state index contributed by atoms with van der Waals surface area (Å²) in [7, 11) is 0. The largest absolute Gasteiger partial charge is 0.372 e. The molecule has 4 nitrogen and oxygen atoms in total. The lowest BCUT2D eigenvalue weighted by Crippen LogP contribution is -2.54. The van der Waals surface area contributed by atoms with Gasteiger partial charge >= 0.3 is 0 Å². The van der Waals surface area contributed by atoms with Crippen LogP contribution in [0.25, 0.3) is 0 Å². The molecule has 0 aromatic heterocycles. The van der Waals surface area contributed by atoms with Gasteiger partial charge in [-0.25, -0.2) is 0 Å². The molecule has 0 aliphatic carbocycles. The van der Waals surface area contributed by atoms with E-state index in [0.717, 1.165) is 51.9 Å². The lowest BCUT2D eigenvalue weighted by Gasteiger charge is -2.45. The zero-order valence-corrected chi connectivity index (χ0v) is 11.7. The van der Waals surface area contributed by atoms with Crippen molar-refractivity contribution in [1.29, 1.82) is 0 Å². The van der Waals surface area contributed by atoms with E-state index in [4.69, 9.17) is 4.74 Å². The van der Waals surface area contributed by atoms with Gasteiger partial charge in [-0.15, -0.1) is 0 Å². The van der Waals surface area contributed by atoms with E-state index in [0.29, 0.717) is 12.5 Å². The highest BCUT2D eigenvalue weighted by Crippen LogP contribution is 2.28. The molecule has 2 fully saturated rings. The third kappa shape index (κ3) is 3.04. The summed E-state index contributed by atoms with van der Waals surface area (Å²) >= 11 is 0. The predicted octanol–water partition coefficient (Wildman–Crippen LogP) is 1.55. The van der Waals surface area contributed by atoms with Gasteiger partial charge in [-0.1, -0.05) is 13.8 Å². The molecule has 0 unspecified atom stereocenters. The Morgan fingerprint density at radius 3 is 2.89 bits per heavy atom. The van der Waals surface area contributed by atoms with Crippen LogP contribution in [0.5, 0.6) is 0 Å². The summed E-state index contributed by atoms with van der Waals surface area (Å²) in [6.45, 7) is 8.13. The van der Waals surface area contributed by atoms with Gasteiger partial charge in [0.1, 0.15) is 0 Å². The number of ether oxygens (including phenoxy) is 1. The summed E-state index contributed by atoms with van der Waals surface area (Å²) in [6.07, 6.45) is 4.89. The fourth-order valence-electron chi connectivity index (χ4n) is 3.14. The van der Waals surface area contributed by atoms with Gasteiger partial charge in [0.2, 0.25) is 5.91 Å². The molecule has 2 aliphatic rings. The third-order valence-electron chi connectivity index (χ3n) is 4.59. The topological polar surface area (TPSA) is 41.6 Å². The number of carbonyl (C=O) groups is 1. The van der Waals surface area contributed by atoms with Gasteiger partial charge in [0.15, 0.2) is 0 Å². The van der Waals surface area contributed by atoms with Gasteiger partial charge in [-0.3, -0.25) is 9.69 Å². The van der Waals surface area contributed by atoms with E-state index >= 15 is 0 Å². The van der Waals surface area contributed by atoms with Crippen LogP contribution in [0, 0.1) is 0 Å². The van der Waals surface area contributed by atoms with Crippen LogP contribution in [0.15, 0.2) is 0 Å². The smallest absolute Gasteiger partial charge is 0.220 e. The minimum absolute atomic E-state index is 0.0436. The van der Waals surface area contributed by atoms with E-state index in [1.54, 1.807) is 0 Å². The Morgan fingerprint density at radius 1 is 1.39 bits per heavy atom. The summed E-state index contributed by atoms with van der Waals surface area (Å²) < 4.78 is 6.01. The van der Waals surface area contributed by atoms with Crippen molar-refractivity contribution in [2.75, 3.05) is 26.2 Å². The number of amides is 1. The first-order valence-electron chi connectivity index (χ1n) is 7.34. The minimum atomic E-state index is 0.0436. The quantitative estimate of drug-likeness (QED) is 0.831. The Kier molecular flexibility index (Phi) is 4.62. The number of hydrogen-bond acceptors (Lipinski definition) is 3. The summed E-state index contributed by atoms with van der Waals surface area (Å²) in [6, 6.07) is 0.547. The van der Waals surface area contributed by atoms with Gasteiger partial charge in [0.25, 0.3) is 0 Å². The first-order valence-corrected chi connectivity index (χ1v) is 7.34. The molecular formula is C14H26N2O2. The van der Waals surface area contributed by atoms with Crippen molar-refractivity contribution < 1.29 is 9.53 Å². The average molecular weight is 254 g/mol. The fraction of sp³-hybridized carbons (Fsp3) is 0.929. The molecule has 0 radical (unpaired) electrons. The lowest BCUT2D eigenvalue weighted by molar-refractivity contribution is -0.124. The number of nitrogens with one attached hydrogen (secondary N) is 1. The summed E-state index contributed by atoms with van der Waals surface area (Å²) in [4.78, 5) is 13.9. The molecular weight excluding hydrogens is 228 g/mol. The molecule has 0 spiro atoms. The van der Waals surface area contributed by atoms with Crippen LogP contribution in [0.4, 0.5) is 0 Å². The van der Waals surface area contributed by atoms with Crippen molar-refractivity contribution in [1.82, 2.24) is 10.2 Å². The lowest BCUT2D eigenvalue weighted by atomic mass is 9.93. The van der Waals surface area contributed by atoms with Crippen LogP contribution < -0.4 is 5.32 Å². The van der Waals surface area contributed by atoms with Gasteiger partial charge in [0, 0.05) is 32.1 Å². The molecule has 4 heteroatoms. The number of nitrogens with zero attached hydrogens (tertiary/aromatic N) is 1. The number of carbonyl (C=O) groups excluding carboxylic acids is 1. The van der Waals surface area contributed by atoms with E-state index < -0.39 is 0 Å². The highest BCUT2D eigenvalue weighted by molar-refractivity contribution is 5.76. The summed E-state index contributed by atoms with van der Waals surface area (Å²) in [5.41, 5.74) is 0.0436. The second-order valence-corrected chi connectivity index (χ2v) is 5.54. The number of morpholine rings is 1. The Bertz CT molecular complexity index is 290. The molecule has 18 heavy (non-hydrogen) atoms. The molecule has 2 aliphatic heterocycles. The monoisotopic (exact) mass is 254 g/mol. The number of rotatable bonds is 3. The van der Waals surface area contributed by atoms with Gasteiger partial charge in [0.05, 0.1) is 12.2 Å². The van der Waals surface area contributed by atoms with E-state index in [9.17, 15) is 4.79 Å². The van der Waals surface area contributed by atoms with Crippen LogP contribution in [0.1, 0.15) is 46.0 Å². The standard InChI is InChI=1S/C14H26N2O2/c1-3-14(4-2)11-16(9-10-18-14)12-5-6-13(17)15-8-7-12/h12H,3-11H2,1-2H3,(H,15,17)/t12-/m1/s1. The molecule has 0 aromatic rings.